The number of hydrogen-bond donors (Lipinski definition) is 2. The highest BCUT2D eigenvalue weighted by atomic mass is 79.9. The van der Waals surface area contributed by atoms with Gasteiger partial charge in [0.15, 0.2) is 0 Å². The van der Waals surface area contributed by atoms with Crippen LogP contribution in [0.2, 0.25) is 0 Å². The number of halogens is 1. The summed E-state index contributed by atoms with van der Waals surface area (Å²) in [5, 5.41) is 6.28. The zero-order chi connectivity index (χ0) is 14.3. The summed E-state index contributed by atoms with van der Waals surface area (Å²) in [5.74, 6) is 0.0626. The molecule has 0 saturated heterocycles. The van der Waals surface area contributed by atoms with E-state index in [1.54, 1.807) is 0 Å². The molecule has 0 heterocycles. The maximum absolute atomic E-state index is 11.8. The Morgan fingerprint density at radius 2 is 1.89 bits per heavy atom. The van der Waals surface area contributed by atoms with Crippen LogP contribution in [0.3, 0.4) is 0 Å². The summed E-state index contributed by atoms with van der Waals surface area (Å²) in [7, 11) is 0. The molecule has 0 radical (unpaired) electrons. The third-order valence-corrected chi connectivity index (χ3v) is 4.01. The zero-order valence-electron chi connectivity index (χ0n) is 11.9. The Hall–Kier alpha value is -0.870. The predicted molar refractivity (Wildman–Crippen MR) is 83.1 cm³/mol. The lowest BCUT2D eigenvalue weighted by atomic mass is 10.1. The molecule has 1 rings (SSSR count). The number of nitrogens with one attached hydrogen (secondary N) is 2. The lowest BCUT2D eigenvalue weighted by Gasteiger charge is -2.18. The van der Waals surface area contributed by atoms with Gasteiger partial charge in [-0.3, -0.25) is 4.79 Å². The van der Waals surface area contributed by atoms with Gasteiger partial charge in [0.05, 0.1) is 6.54 Å². The molecule has 0 spiro atoms. The zero-order valence-corrected chi connectivity index (χ0v) is 13.5. The van der Waals surface area contributed by atoms with Gasteiger partial charge in [0.25, 0.3) is 0 Å². The maximum Gasteiger partial charge on any atom is 0.234 e. The Balaban J connectivity index is 2.44. The summed E-state index contributed by atoms with van der Waals surface area (Å²) >= 11 is 3.53. The molecule has 1 aromatic carbocycles. The van der Waals surface area contributed by atoms with E-state index in [-0.39, 0.29) is 18.0 Å². The van der Waals surface area contributed by atoms with E-state index in [0.717, 1.165) is 22.9 Å². The molecule has 0 aliphatic rings. The first-order chi connectivity index (χ1) is 9.08. The molecule has 3 nitrogen and oxygen atoms in total. The van der Waals surface area contributed by atoms with E-state index in [1.807, 2.05) is 18.2 Å². The van der Waals surface area contributed by atoms with Crippen molar-refractivity contribution in [2.45, 2.75) is 45.7 Å². The molecule has 0 aliphatic heterocycles. The topological polar surface area (TPSA) is 41.1 Å². The number of rotatable bonds is 7. The Morgan fingerprint density at radius 1 is 1.26 bits per heavy atom. The van der Waals surface area contributed by atoms with Gasteiger partial charge in [0, 0.05) is 16.6 Å². The van der Waals surface area contributed by atoms with E-state index in [9.17, 15) is 4.79 Å². The molecule has 0 aromatic heterocycles. The molecule has 19 heavy (non-hydrogen) atoms. The summed E-state index contributed by atoms with van der Waals surface area (Å²) in [6.07, 6.45) is 1.95. The molecule has 0 saturated carbocycles. The molecule has 4 heteroatoms. The lowest BCUT2D eigenvalue weighted by Crippen LogP contribution is -2.40. The van der Waals surface area contributed by atoms with Crippen molar-refractivity contribution in [3.63, 3.8) is 0 Å². The Morgan fingerprint density at radius 3 is 2.47 bits per heavy atom. The van der Waals surface area contributed by atoms with Crippen LogP contribution in [-0.4, -0.2) is 18.5 Å². The van der Waals surface area contributed by atoms with Gasteiger partial charge in [-0.2, -0.15) is 0 Å². The van der Waals surface area contributed by atoms with Crippen LogP contribution in [0.1, 0.15) is 45.2 Å². The fourth-order valence-corrected chi connectivity index (χ4v) is 2.58. The van der Waals surface area contributed by atoms with E-state index in [1.165, 1.54) is 0 Å². The highest BCUT2D eigenvalue weighted by Gasteiger charge is 2.12. The van der Waals surface area contributed by atoms with E-state index in [2.05, 4.69) is 53.4 Å². The fourth-order valence-electron chi connectivity index (χ4n) is 1.95. The summed E-state index contributed by atoms with van der Waals surface area (Å²) in [6, 6.07) is 8.48. The van der Waals surface area contributed by atoms with Crippen LogP contribution in [0.5, 0.6) is 0 Å². The minimum absolute atomic E-state index is 0.0626. The highest BCUT2D eigenvalue weighted by molar-refractivity contribution is 9.10. The Kier molecular flexibility index (Phi) is 7.10. The van der Waals surface area contributed by atoms with Crippen molar-refractivity contribution in [2.75, 3.05) is 6.54 Å². The third-order valence-electron chi connectivity index (χ3n) is 3.29. The second-order valence-electron chi connectivity index (χ2n) is 4.71. The largest absolute Gasteiger partial charge is 0.352 e. The first-order valence-corrected chi connectivity index (χ1v) is 7.64. The SMILES string of the molecule is CCC(CC)NC(=O)CN[C@H](C)c1ccccc1Br. The first-order valence-electron chi connectivity index (χ1n) is 6.85. The molecule has 106 valence electrons. The van der Waals surface area contributed by atoms with Crippen molar-refractivity contribution in [3.05, 3.63) is 34.3 Å². The quantitative estimate of drug-likeness (QED) is 0.806. The van der Waals surface area contributed by atoms with E-state index in [4.69, 9.17) is 0 Å². The molecule has 0 aliphatic carbocycles. The van der Waals surface area contributed by atoms with Crippen molar-refractivity contribution in [1.29, 1.82) is 0 Å². The first kappa shape index (κ1) is 16.2. The standard InChI is InChI=1S/C15H23BrN2O/c1-4-12(5-2)18-15(19)10-17-11(3)13-8-6-7-9-14(13)16/h6-9,11-12,17H,4-5,10H2,1-3H3,(H,18,19)/t11-/m1/s1. The van der Waals surface area contributed by atoms with E-state index >= 15 is 0 Å². The van der Waals surface area contributed by atoms with E-state index in [0.29, 0.717) is 6.54 Å². The van der Waals surface area contributed by atoms with Gasteiger partial charge in [-0.25, -0.2) is 0 Å². The van der Waals surface area contributed by atoms with Crippen molar-refractivity contribution < 1.29 is 4.79 Å². The summed E-state index contributed by atoms with van der Waals surface area (Å²) in [4.78, 5) is 11.8. The second kappa shape index (κ2) is 8.33. The van der Waals surface area contributed by atoms with Crippen LogP contribution in [-0.2, 0) is 4.79 Å². The smallest absolute Gasteiger partial charge is 0.234 e. The Bertz CT molecular complexity index is 405. The normalized spacial score (nSPS) is 12.5. The number of carbonyl (C=O) groups is 1. The molecule has 0 bridgehead atoms. The molecule has 1 aromatic rings. The average Bonchev–Trinajstić information content (AvgIpc) is 2.42. The summed E-state index contributed by atoms with van der Waals surface area (Å²) < 4.78 is 1.07. The molecule has 0 unspecified atom stereocenters. The minimum atomic E-state index is 0.0626. The van der Waals surface area contributed by atoms with Crippen molar-refractivity contribution in [1.82, 2.24) is 10.6 Å². The van der Waals surface area contributed by atoms with Crippen LogP contribution in [0.25, 0.3) is 0 Å². The number of carbonyl (C=O) groups excluding carboxylic acids is 1. The highest BCUT2D eigenvalue weighted by Crippen LogP contribution is 2.22. The number of hydrogen-bond acceptors (Lipinski definition) is 2. The number of benzene rings is 1. The molecular formula is C15H23BrN2O. The Labute approximate surface area is 124 Å². The molecule has 2 N–H and O–H groups in total. The number of amides is 1. The van der Waals surface area contributed by atoms with Crippen LogP contribution in [0, 0.1) is 0 Å². The van der Waals surface area contributed by atoms with Gasteiger partial charge in [-0.1, -0.05) is 48.0 Å². The third kappa shape index (κ3) is 5.33. The maximum atomic E-state index is 11.8. The van der Waals surface area contributed by atoms with Gasteiger partial charge < -0.3 is 10.6 Å². The van der Waals surface area contributed by atoms with Gasteiger partial charge in [0.1, 0.15) is 0 Å². The van der Waals surface area contributed by atoms with Crippen LogP contribution in [0.15, 0.2) is 28.7 Å². The molecule has 1 atom stereocenters. The van der Waals surface area contributed by atoms with Crippen molar-refractivity contribution >= 4 is 21.8 Å². The van der Waals surface area contributed by atoms with Crippen LogP contribution < -0.4 is 10.6 Å². The van der Waals surface area contributed by atoms with Crippen molar-refractivity contribution in [3.8, 4) is 0 Å². The molecular weight excluding hydrogens is 304 g/mol. The lowest BCUT2D eigenvalue weighted by molar-refractivity contribution is -0.121. The minimum Gasteiger partial charge on any atom is -0.352 e. The van der Waals surface area contributed by atoms with Gasteiger partial charge in [0.2, 0.25) is 5.91 Å². The van der Waals surface area contributed by atoms with E-state index < -0.39 is 0 Å². The molecule has 0 fully saturated rings. The van der Waals surface area contributed by atoms with Crippen LogP contribution in [0.4, 0.5) is 0 Å². The fraction of sp³-hybridized carbons (Fsp3) is 0.533. The molecule has 1 amide bonds. The second-order valence-corrected chi connectivity index (χ2v) is 5.56. The van der Waals surface area contributed by atoms with Gasteiger partial charge >= 0.3 is 0 Å². The summed E-state index contributed by atoms with van der Waals surface area (Å²) in [6.45, 7) is 6.58. The van der Waals surface area contributed by atoms with Crippen molar-refractivity contribution in [2.24, 2.45) is 0 Å². The van der Waals surface area contributed by atoms with Crippen LogP contribution >= 0.6 is 15.9 Å². The summed E-state index contributed by atoms with van der Waals surface area (Å²) in [5.41, 5.74) is 1.16. The van der Waals surface area contributed by atoms with Gasteiger partial charge in [-0.15, -0.1) is 0 Å². The monoisotopic (exact) mass is 326 g/mol. The predicted octanol–water partition coefficient (Wildman–Crippen LogP) is 3.40. The average molecular weight is 327 g/mol. The van der Waals surface area contributed by atoms with Gasteiger partial charge in [-0.05, 0) is 31.4 Å².